The molecule has 2 aliphatic heterocycles. The van der Waals surface area contributed by atoms with E-state index in [9.17, 15) is 10.2 Å². The van der Waals surface area contributed by atoms with Crippen molar-refractivity contribution in [1.82, 2.24) is 0 Å². The Kier molecular flexibility index (Phi) is 2.64. The van der Waals surface area contributed by atoms with Crippen molar-refractivity contribution in [3.8, 4) is 0 Å². The summed E-state index contributed by atoms with van der Waals surface area (Å²) in [6, 6.07) is 0.194. The van der Waals surface area contributed by atoms with Crippen LogP contribution in [0.1, 0.15) is 19.8 Å². The van der Waals surface area contributed by atoms with Crippen molar-refractivity contribution in [2.75, 3.05) is 26.2 Å². The first kappa shape index (κ1) is 10.1. The van der Waals surface area contributed by atoms with E-state index in [1.165, 1.54) is 0 Å². The number of hydrogen-bond acceptors (Lipinski definition) is 2. The lowest BCUT2D eigenvalue weighted by Crippen LogP contribution is -2.52. The highest BCUT2D eigenvalue weighted by Gasteiger charge is 2.51. The zero-order chi connectivity index (χ0) is 10.2. The SMILES string of the molecule is CCC[N+]12CC=C(CO)C1C(O)CC2. The summed E-state index contributed by atoms with van der Waals surface area (Å²) in [6.45, 7) is 5.50. The molecule has 3 nitrogen and oxygen atoms in total. The van der Waals surface area contributed by atoms with E-state index in [4.69, 9.17) is 0 Å². The first-order valence-electron chi connectivity index (χ1n) is 5.57. The van der Waals surface area contributed by atoms with Crippen LogP contribution < -0.4 is 0 Å². The van der Waals surface area contributed by atoms with Crippen LogP contribution in [0.15, 0.2) is 11.6 Å². The fraction of sp³-hybridized carbons (Fsp3) is 0.818. The number of nitrogens with zero attached hydrogens (tertiary/aromatic N) is 1. The Morgan fingerprint density at radius 1 is 1.57 bits per heavy atom. The molecule has 3 heteroatoms. The number of hydrogen-bond donors (Lipinski definition) is 2. The quantitative estimate of drug-likeness (QED) is 0.505. The van der Waals surface area contributed by atoms with E-state index in [0.717, 1.165) is 42.5 Å². The lowest BCUT2D eigenvalue weighted by atomic mass is 10.0. The van der Waals surface area contributed by atoms with Gasteiger partial charge in [-0.05, 0) is 12.5 Å². The predicted molar refractivity (Wildman–Crippen MR) is 54.7 cm³/mol. The summed E-state index contributed by atoms with van der Waals surface area (Å²) < 4.78 is 0.994. The Morgan fingerprint density at radius 3 is 3.00 bits per heavy atom. The molecule has 3 unspecified atom stereocenters. The number of aliphatic hydroxyl groups excluding tert-OH is 2. The van der Waals surface area contributed by atoms with Gasteiger partial charge in [0, 0.05) is 12.0 Å². The van der Waals surface area contributed by atoms with Gasteiger partial charge in [-0.15, -0.1) is 0 Å². The average molecular weight is 198 g/mol. The average Bonchev–Trinajstić information content (AvgIpc) is 2.67. The third-order valence-electron chi connectivity index (χ3n) is 3.77. The highest BCUT2D eigenvalue weighted by atomic mass is 16.3. The maximum atomic E-state index is 9.93. The fourth-order valence-corrected chi connectivity index (χ4v) is 3.22. The molecule has 0 aliphatic carbocycles. The van der Waals surface area contributed by atoms with Crippen molar-refractivity contribution < 1.29 is 14.7 Å². The second kappa shape index (κ2) is 3.65. The smallest absolute Gasteiger partial charge is 0.140 e. The topological polar surface area (TPSA) is 40.5 Å². The molecule has 80 valence electrons. The van der Waals surface area contributed by atoms with Crippen molar-refractivity contribution in [2.24, 2.45) is 0 Å². The summed E-state index contributed by atoms with van der Waals surface area (Å²) in [7, 11) is 0. The Balaban J connectivity index is 2.21. The largest absolute Gasteiger partial charge is 0.392 e. The molecule has 0 spiro atoms. The van der Waals surface area contributed by atoms with Crippen LogP contribution in [0.5, 0.6) is 0 Å². The second-order valence-corrected chi connectivity index (χ2v) is 4.59. The number of quaternary nitrogens is 1. The summed E-state index contributed by atoms with van der Waals surface area (Å²) >= 11 is 0. The molecule has 2 heterocycles. The monoisotopic (exact) mass is 198 g/mol. The van der Waals surface area contributed by atoms with E-state index >= 15 is 0 Å². The molecule has 1 saturated heterocycles. The Bertz CT molecular complexity index is 248. The lowest BCUT2D eigenvalue weighted by molar-refractivity contribution is -0.925. The Labute approximate surface area is 85.2 Å². The van der Waals surface area contributed by atoms with Crippen LogP contribution in [-0.2, 0) is 0 Å². The lowest BCUT2D eigenvalue weighted by Gasteiger charge is -2.36. The standard InChI is InChI=1S/C11H20NO2/c1-2-5-12-6-3-9(8-13)11(12)10(14)4-7-12/h3,10-11,13-14H,2,4-8H2,1H3/q+1. The molecule has 0 aromatic rings. The van der Waals surface area contributed by atoms with E-state index in [2.05, 4.69) is 13.0 Å². The van der Waals surface area contributed by atoms with Crippen LogP contribution in [0, 0.1) is 0 Å². The van der Waals surface area contributed by atoms with Gasteiger partial charge in [0.1, 0.15) is 12.1 Å². The maximum Gasteiger partial charge on any atom is 0.140 e. The van der Waals surface area contributed by atoms with Gasteiger partial charge in [-0.2, -0.15) is 0 Å². The van der Waals surface area contributed by atoms with E-state index in [1.807, 2.05) is 0 Å². The molecule has 2 rings (SSSR count). The van der Waals surface area contributed by atoms with Crippen LogP contribution in [0.2, 0.25) is 0 Å². The molecule has 0 bridgehead atoms. The Morgan fingerprint density at radius 2 is 2.36 bits per heavy atom. The number of rotatable bonds is 3. The molecular formula is C11H20NO2+. The molecule has 3 atom stereocenters. The molecule has 0 amide bonds. The van der Waals surface area contributed by atoms with Crippen molar-refractivity contribution in [3.05, 3.63) is 11.6 Å². The molecule has 0 saturated carbocycles. The zero-order valence-corrected chi connectivity index (χ0v) is 8.82. The van der Waals surface area contributed by atoms with Gasteiger partial charge in [0.2, 0.25) is 0 Å². The van der Waals surface area contributed by atoms with Gasteiger partial charge in [0.15, 0.2) is 0 Å². The second-order valence-electron chi connectivity index (χ2n) is 4.59. The third kappa shape index (κ3) is 1.31. The van der Waals surface area contributed by atoms with Gasteiger partial charge < -0.3 is 14.7 Å². The first-order valence-corrected chi connectivity index (χ1v) is 5.57. The van der Waals surface area contributed by atoms with Crippen molar-refractivity contribution in [1.29, 1.82) is 0 Å². The number of fused-ring (bicyclic) bond motifs is 1. The van der Waals surface area contributed by atoms with Crippen LogP contribution in [0.25, 0.3) is 0 Å². The van der Waals surface area contributed by atoms with Crippen LogP contribution in [0.4, 0.5) is 0 Å². The summed E-state index contributed by atoms with van der Waals surface area (Å²) in [5.74, 6) is 0. The summed E-state index contributed by atoms with van der Waals surface area (Å²) in [6.07, 6.45) is 3.93. The minimum atomic E-state index is -0.234. The predicted octanol–water partition coefficient (Wildman–Crippen LogP) is 0.279. The molecular weight excluding hydrogens is 178 g/mol. The van der Waals surface area contributed by atoms with E-state index < -0.39 is 0 Å². The van der Waals surface area contributed by atoms with Gasteiger partial charge in [-0.25, -0.2) is 0 Å². The van der Waals surface area contributed by atoms with Crippen LogP contribution >= 0.6 is 0 Å². The molecule has 0 aromatic heterocycles. The summed E-state index contributed by atoms with van der Waals surface area (Å²) in [5.41, 5.74) is 1.06. The van der Waals surface area contributed by atoms with E-state index in [-0.39, 0.29) is 18.8 Å². The van der Waals surface area contributed by atoms with Crippen LogP contribution in [0.3, 0.4) is 0 Å². The first-order chi connectivity index (χ1) is 6.73. The molecule has 0 aromatic carbocycles. The van der Waals surface area contributed by atoms with Gasteiger partial charge in [-0.3, -0.25) is 0 Å². The maximum absolute atomic E-state index is 9.93. The molecule has 0 radical (unpaired) electrons. The molecule has 2 aliphatic rings. The van der Waals surface area contributed by atoms with E-state index in [0.29, 0.717) is 0 Å². The van der Waals surface area contributed by atoms with Gasteiger partial charge in [0.05, 0.1) is 26.2 Å². The third-order valence-corrected chi connectivity index (χ3v) is 3.77. The molecule has 1 fully saturated rings. The zero-order valence-electron chi connectivity index (χ0n) is 8.82. The van der Waals surface area contributed by atoms with Crippen molar-refractivity contribution in [2.45, 2.75) is 31.9 Å². The van der Waals surface area contributed by atoms with Gasteiger partial charge in [-0.1, -0.05) is 6.92 Å². The van der Waals surface area contributed by atoms with Gasteiger partial charge in [0.25, 0.3) is 0 Å². The fourth-order valence-electron chi connectivity index (χ4n) is 3.22. The van der Waals surface area contributed by atoms with Crippen molar-refractivity contribution >= 4 is 0 Å². The minimum absolute atomic E-state index is 0.117. The number of aliphatic hydroxyl groups is 2. The van der Waals surface area contributed by atoms with E-state index in [1.54, 1.807) is 0 Å². The normalized spacial score (nSPS) is 41.2. The highest BCUT2D eigenvalue weighted by Crippen LogP contribution is 2.36. The Hall–Kier alpha value is -0.380. The molecule has 2 N–H and O–H groups in total. The summed E-state index contributed by atoms with van der Waals surface area (Å²) in [5, 5.41) is 19.1. The molecule has 14 heavy (non-hydrogen) atoms. The summed E-state index contributed by atoms with van der Waals surface area (Å²) in [4.78, 5) is 0. The minimum Gasteiger partial charge on any atom is -0.392 e. The van der Waals surface area contributed by atoms with Gasteiger partial charge >= 0.3 is 0 Å². The van der Waals surface area contributed by atoms with Crippen molar-refractivity contribution in [3.63, 3.8) is 0 Å². The van der Waals surface area contributed by atoms with Crippen LogP contribution in [-0.4, -0.2) is 53.1 Å². The highest BCUT2D eigenvalue weighted by molar-refractivity contribution is 5.17.